The monoisotopic (exact) mass is 430 g/mol. The molecule has 9 heteroatoms. The van der Waals surface area contributed by atoms with Crippen LogP contribution in [-0.2, 0) is 24.2 Å². The van der Waals surface area contributed by atoms with Crippen molar-refractivity contribution >= 4 is 27.4 Å². The van der Waals surface area contributed by atoms with Gasteiger partial charge in [0.15, 0.2) is 9.84 Å². The molecule has 0 aromatic heterocycles. The lowest BCUT2D eigenvalue weighted by Crippen LogP contribution is -2.31. The van der Waals surface area contributed by atoms with Crippen LogP contribution in [0.2, 0.25) is 0 Å². The van der Waals surface area contributed by atoms with Gasteiger partial charge in [-0.05, 0) is 35.4 Å². The van der Waals surface area contributed by atoms with Crippen molar-refractivity contribution in [1.82, 2.24) is 4.90 Å². The summed E-state index contributed by atoms with van der Waals surface area (Å²) in [5, 5.41) is 12.1. The molecular weight excluding hydrogens is 408 g/mol. The van der Waals surface area contributed by atoms with Crippen molar-refractivity contribution in [1.29, 1.82) is 0 Å². The number of ether oxygens (including phenoxy) is 1. The lowest BCUT2D eigenvalue weighted by atomic mass is 10.1. The van der Waals surface area contributed by atoms with Gasteiger partial charge in [-0.15, -0.1) is 0 Å². The second kappa shape index (κ2) is 8.68. The van der Waals surface area contributed by atoms with Crippen LogP contribution in [0.15, 0.2) is 64.7 Å². The van der Waals surface area contributed by atoms with Gasteiger partial charge in [-0.3, -0.25) is 4.79 Å². The number of methoxy groups -OCH3 is 1. The third-order valence-electron chi connectivity index (χ3n) is 4.70. The number of aliphatic hydroxyl groups is 1. The number of sulfone groups is 1. The van der Waals surface area contributed by atoms with E-state index in [9.17, 15) is 18.0 Å². The number of carbonyl (C=O) groups is 2. The van der Waals surface area contributed by atoms with Crippen LogP contribution in [0.3, 0.4) is 0 Å². The molecule has 2 aromatic carbocycles. The minimum atomic E-state index is -3.28. The summed E-state index contributed by atoms with van der Waals surface area (Å²) in [4.78, 5) is 26.3. The van der Waals surface area contributed by atoms with Gasteiger partial charge in [0.1, 0.15) is 5.70 Å². The first-order valence-corrected chi connectivity index (χ1v) is 11.0. The number of benzene rings is 2. The summed E-state index contributed by atoms with van der Waals surface area (Å²) in [5.41, 5.74) is 2.49. The molecule has 1 aliphatic rings. The van der Waals surface area contributed by atoms with E-state index in [1.165, 1.54) is 24.1 Å². The van der Waals surface area contributed by atoms with Crippen molar-refractivity contribution < 1.29 is 27.9 Å². The topological polar surface area (TPSA) is 113 Å². The molecule has 1 aliphatic heterocycles. The molecule has 1 amide bonds. The SMILES string of the molecule is COC(=O)C1=C(Nc2cccc(-c3ccc(S(C)(=O)=O)cc3)c2)C(=O)N(CCO)C1. The number of hydrogen-bond acceptors (Lipinski definition) is 7. The molecule has 8 nitrogen and oxygen atoms in total. The highest BCUT2D eigenvalue weighted by Gasteiger charge is 2.34. The van der Waals surface area contributed by atoms with Crippen molar-refractivity contribution in [3.8, 4) is 11.1 Å². The molecule has 0 atom stereocenters. The number of β-amino-alcohol motifs (C(OH)–C–C–N with tert-alkyl or cyclic N) is 1. The molecule has 0 saturated carbocycles. The van der Waals surface area contributed by atoms with Gasteiger partial charge in [0.25, 0.3) is 5.91 Å². The average molecular weight is 430 g/mol. The fourth-order valence-electron chi connectivity index (χ4n) is 3.16. The largest absolute Gasteiger partial charge is 0.466 e. The van der Waals surface area contributed by atoms with Crippen molar-refractivity contribution in [2.45, 2.75) is 4.90 Å². The summed E-state index contributed by atoms with van der Waals surface area (Å²) in [6.07, 6.45) is 1.15. The van der Waals surface area contributed by atoms with Crippen LogP contribution in [0.4, 0.5) is 5.69 Å². The van der Waals surface area contributed by atoms with Gasteiger partial charge >= 0.3 is 5.97 Å². The Bertz CT molecular complexity index is 1110. The smallest absolute Gasteiger partial charge is 0.337 e. The molecule has 0 aliphatic carbocycles. The molecule has 2 aromatic rings. The average Bonchev–Trinajstić information content (AvgIpc) is 3.03. The van der Waals surface area contributed by atoms with E-state index in [1.54, 1.807) is 30.3 Å². The van der Waals surface area contributed by atoms with Crippen LogP contribution >= 0.6 is 0 Å². The van der Waals surface area contributed by atoms with Gasteiger partial charge in [0.05, 0.1) is 30.7 Å². The Balaban J connectivity index is 1.90. The molecular formula is C21H22N2O6S. The predicted octanol–water partition coefficient (Wildman–Crippen LogP) is 1.43. The number of nitrogens with one attached hydrogen (secondary N) is 1. The molecule has 2 N–H and O–H groups in total. The van der Waals surface area contributed by atoms with Gasteiger partial charge in [-0.1, -0.05) is 24.3 Å². The van der Waals surface area contributed by atoms with Crippen molar-refractivity contribution in [2.24, 2.45) is 0 Å². The Hall–Kier alpha value is -3.17. The Morgan fingerprint density at radius 2 is 1.87 bits per heavy atom. The van der Waals surface area contributed by atoms with E-state index in [2.05, 4.69) is 5.32 Å². The molecule has 0 saturated heterocycles. The summed E-state index contributed by atoms with van der Waals surface area (Å²) in [6.45, 7) is -0.0509. The van der Waals surface area contributed by atoms with Crippen LogP contribution in [0.1, 0.15) is 0 Å². The summed E-state index contributed by atoms with van der Waals surface area (Å²) in [6, 6.07) is 13.7. The molecule has 0 spiro atoms. The number of rotatable bonds is 7. The standard InChI is InChI=1S/C21H22N2O6S/c1-29-21(26)18-13-23(10-11-24)20(25)19(18)22-16-5-3-4-15(12-16)14-6-8-17(9-7-14)30(2,27)28/h3-9,12,22,24H,10-11,13H2,1-2H3. The zero-order chi connectivity index (χ0) is 21.9. The molecule has 0 fully saturated rings. The van der Waals surface area contributed by atoms with E-state index in [0.29, 0.717) is 5.69 Å². The normalized spacial score (nSPS) is 14.2. The van der Waals surface area contributed by atoms with E-state index in [-0.39, 0.29) is 35.9 Å². The summed E-state index contributed by atoms with van der Waals surface area (Å²) < 4.78 is 28.1. The number of hydrogen-bond donors (Lipinski definition) is 2. The number of anilines is 1. The summed E-state index contributed by atoms with van der Waals surface area (Å²) in [7, 11) is -2.04. The zero-order valence-corrected chi connectivity index (χ0v) is 17.4. The lowest BCUT2D eigenvalue weighted by molar-refractivity contribution is -0.136. The highest BCUT2D eigenvalue weighted by atomic mass is 32.2. The Kier molecular flexibility index (Phi) is 6.23. The Morgan fingerprint density at radius 1 is 1.17 bits per heavy atom. The third-order valence-corrected chi connectivity index (χ3v) is 5.83. The highest BCUT2D eigenvalue weighted by Crippen LogP contribution is 2.27. The van der Waals surface area contributed by atoms with Gasteiger partial charge in [-0.25, -0.2) is 13.2 Å². The van der Waals surface area contributed by atoms with Crippen LogP contribution < -0.4 is 5.32 Å². The minimum absolute atomic E-state index is 0.0566. The summed E-state index contributed by atoms with van der Waals surface area (Å²) in [5.74, 6) is -1.01. The number of carbonyl (C=O) groups excluding carboxylic acids is 2. The Labute approximate surface area is 174 Å². The van der Waals surface area contributed by atoms with Crippen molar-refractivity contribution in [3.05, 3.63) is 59.8 Å². The molecule has 0 unspecified atom stereocenters. The maximum atomic E-state index is 12.6. The fourth-order valence-corrected chi connectivity index (χ4v) is 3.79. The van der Waals surface area contributed by atoms with Gasteiger partial charge in [-0.2, -0.15) is 0 Å². The van der Waals surface area contributed by atoms with Gasteiger partial charge in [0, 0.05) is 18.5 Å². The number of amides is 1. The zero-order valence-electron chi connectivity index (χ0n) is 16.6. The first-order valence-electron chi connectivity index (χ1n) is 9.13. The van der Waals surface area contributed by atoms with Crippen LogP contribution in [0, 0.1) is 0 Å². The van der Waals surface area contributed by atoms with Crippen LogP contribution in [0.25, 0.3) is 11.1 Å². The van der Waals surface area contributed by atoms with Gasteiger partial charge in [0.2, 0.25) is 0 Å². The first kappa shape index (κ1) is 21.5. The number of aliphatic hydroxyl groups excluding tert-OH is 1. The highest BCUT2D eigenvalue weighted by molar-refractivity contribution is 7.90. The maximum Gasteiger partial charge on any atom is 0.337 e. The van der Waals surface area contributed by atoms with Crippen molar-refractivity contribution in [2.75, 3.05) is 38.4 Å². The van der Waals surface area contributed by atoms with Gasteiger partial charge < -0.3 is 20.1 Å². The second-order valence-electron chi connectivity index (χ2n) is 6.80. The molecule has 30 heavy (non-hydrogen) atoms. The molecule has 1 heterocycles. The van der Waals surface area contributed by atoms with Crippen LogP contribution in [-0.4, -0.2) is 63.4 Å². The van der Waals surface area contributed by atoms with E-state index in [1.807, 2.05) is 6.07 Å². The molecule has 0 bridgehead atoms. The van der Waals surface area contributed by atoms with E-state index in [0.717, 1.165) is 17.4 Å². The van der Waals surface area contributed by atoms with E-state index in [4.69, 9.17) is 9.84 Å². The lowest BCUT2D eigenvalue weighted by Gasteiger charge is -2.15. The van der Waals surface area contributed by atoms with E-state index < -0.39 is 21.7 Å². The Morgan fingerprint density at radius 3 is 2.47 bits per heavy atom. The number of nitrogens with zero attached hydrogens (tertiary/aromatic N) is 1. The quantitative estimate of drug-likeness (QED) is 0.639. The summed E-state index contributed by atoms with van der Waals surface area (Å²) >= 11 is 0. The molecule has 0 radical (unpaired) electrons. The van der Waals surface area contributed by atoms with E-state index >= 15 is 0 Å². The first-order chi connectivity index (χ1) is 14.2. The van der Waals surface area contributed by atoms with Crippen LogP contribution in [0.5, 0.6) is 0 Å². The molecule has 158 valence electrons. The molecule has 3 rings (SSSR count). The second-order valence-corrected chi connectivity index (χ2v) is 8.81. The maximum absolute atomic E-state index is 12.6. The van der Waals surface area contributed by atoms with Crippen molar-refractivity contribution in [3.63, 3.8) is 0 Å². The minimum Gasteiger partial charge on any atom is -0.466 e. The number of esters is 1. The third kappa shape index (κ3) is 4.52. The fraction of sp³-hybridized carbons (Fsp3) is 0.238. The predicted molar refractivity (Wildman–Crippen MR) is 111 cm³/mol.